The van der Waals surface area contributed by atoms with Gasteiger partial charge in [0.25, 0.3) is 0 Å². The van der Waals surface area contributed by atoms with Crippen LogP contribution < -0.4 is 0 Å². The number of carboxylic acids is 1. The maximum absolute atomic E-state index is 11.4. The molecule has 0 saturated carbocycles. The van der Waals surface area contributed by atoms with E-state index in [9.17, 15) is 18.9 Å². The highest BCUT2D eigenvalue weighted by Crippen LogP contribution is 2.34. The zero-order valence-electron chi connectivity index (χ0n) is 7.00. The van der Waals surface area contributed by atoms with Gasteiger partial charge in [-0.25, -0.2) is 0 Å². The number of hydrogen-bond donors (Lipinski definition) is 1. The van der Waals surface area contributed by atoms with Crippen LogP contribution in [-0.2, 0) is 25.6 Å². The molecule has 0 aromatic heterocycles. The molecule has 2 saturated heterocycles. The number of hydrogen-bond acceptors (Lipinski definition) is 4. The van der Waals surface area contributed by atoms with Crippen LogP contribution >= 0.6 is 0 Å². The molecule has 2 aliphatic heterocycles. The number of fused-ring (bicyclic) bond motifs is 1. The van der Waals surface area contributed by atoms with E-state index in [1.807, 2.05) is 0 Å². The van der Waals surface area contributed by atoms with Gasteiger partial charge < -0.3 is 9.66 Å². The van der Waals surface area contributed by atoms with Crippen molar-refractivity contribution >= 4 is 28.8 Å². The quantitative estimate of drug-likeness (QED) is 0.317. The largest absolute Gasteiger partial charge is 0.614 e. The Kier molecular flexibility index (Phi) is 2.00. The van der Waals surface area contributed by atoms with Crippen molar-refractivity contribution in [1.29, 1.82) is 0 Å². The number of nitrogens with zero attached hydrogens (tertiary/aromatic N) is 1. The molecule has 0 spiro atoms. The second-order valence-electron chi connectivity index (χ2n) is 3.24. The summed E-state index contributed by atoms with van der Waals surface area (Å²) >= 11 is -1.55. The van der Waals surface area contributed by atoms with Gasteiger partial charge in [0.1, 0.15) is 0 Å². The molecule has 7 heteroatoms. The Hall–Kier alpha value is -1.08. The van der Waals surface area contributed by atoms with Crippen LogP contribution in [0.15, 0.2) is 0 Å². The molecule has 1 N–H and O–H groups in total. The summed E-state index contributed by atoms with van der Waals surface area (Å²) in [6.07, 6.45) is 0. The van der Waals surface area contributed by atoms with E-state index in [1.165, 1.54) is 0 Å². The summed E-state index contributed by atoms with van der Waals surface area (Å²) < 4.78 is 11.4. The van der Waals surface area contributed by atoms with Crippen molar-refractivity contribution in [3.63, 3.8) is 0 Å². The smallest absolute Gasteiger partial charge is 0.323 e. The first-order valence-corrected chi connectivity index (χ1v) is 5.32. The molecular formula is C7H7NO5S. The van der Waals surface area contributed by atoms with E-state index >= 15 is 0 Å². The number of ketones is 1. The monoisotopic (exact) mass is 217 g/mol. The minimum atomic E-state index is -1.55. The van der Waals surface area contributed by atoms with Crippen LogP contribution in [-0.4, -0.2) is 49.9 Å². The first-order chi connectivity index (χ1) is 6.52. The van der Waals surface area contributed by atoms with Crippen LogP contribution in [0.1, 0.15) is 0 Å². The maximum Gasteiger partial charge on any atom is 0.323 e. The molecule has 2 aliphatic rings. The highest BCUT2D eigenvalue weighted by Gasteiger charge is 2.61. The van der Waals surface area contributed by atoms with Gasteiger partial charge in [0, 0.05) is 0 Å². The normalized spacial score (nSPS) is 36.4. The van der Waals surface area contributed by atoms with Gasteiger partial charge in [-0.05, 0) is 11.2 Å². The number of carbonyl (C=O) groups is 3. The molecule has 1 amide bonds. The van der Waals surface area contributed by atoms with Gasteiger partial charge in [-0.15, -0.1) is 0 Å². The number of carbonyl (C=O) groups excluding carboxylic acids is 2. The van der Waals surface area contributed by atoms with Gasteiger partial charge in [0.2, 0.25) is 23.0 Å². The SMILES string of the molecule is O=C1CN2C(=O)C(C(=O)O)[C@@H]2[S+]([O-])C1. The van der Waals surface area contributed by atoms with E-state index in [2.05, 4.69) is 0 Å². The molecule has 76 valence electrons. The molecule has 14 heavy (non-hydrogen) atoms. The van der Waals surface area contributed by atoms with Crippen LogP contribution in [0.3, 0.4) is 0 Å². The maximum atomic E-state index is 11.4. The van der Waals surface area contributed by atoms with Crippen molar-refractivity contribution in [3.8, 4) is 0 Å². The van der Waals surface area contributed by atoms with E-state index < -0.39 is 34.3 Å². The highest BCUT2D eigenvalue weighted by molar-refractivity contribution is 7.93. The van der Waals surface area contributed by atoms with Crippen LogP contribution in [0, 0.1) is 5.92 Å². The molecule has 0 aromatic rings. The van der Waals surface area contributed by atoms with Crippen molar-refractivity contribution in [2.45, 2.75) is 5.37 Å². The minimum Gasteiger partial charge on any atom is -0.614 e. The van der Waals surface area contributed by atoms with Crippen molar-refractivity contribution in [2.24, 2.45) is 5.92 Å². The van der Waals surface area contributed by atoms with Crippen LogP contribution in [0.5, 0.6) is 0 Å². The van der Waals surface area contributed by atoms with Crippen molar-refractivity contribution in [1.82, 2.24) is 4.90 Å². The van der Waals surface area contributed by atoms with Gasteiger partial charge in [0.05, 0.1) is 6.54 Å². The number of β-lactam (4-membered cyclic amide) rings is 1. The molecule has 6 nitrogen and oxygen atoms in total. The van der Waals surface area contributed by atoms with E-state index in [4.69, 9.17) is 5.11 Å². The minimum absolute atomic E-state index is 0.0982. The van der Waals surface area contributed by atoms with E-state index in [0.29, 0.717) is 0 Å². The Bertz CT molecular complexity index is 330. The number of Topliss-reactive ketones (excluding diaryl/α,β-unsaturated/α-hetero) is 1. The third-order valence-corrected chi connectivity index (χ3v) is 4.00. The van der Waals surface area contributed by atoms with Gasteiger partial charge in [-0.2, -0.15) is 0 Å². The molecule has 2 unspecified atom stereocenters. The molecule has 2 heterocycles. The lowest BCUT2D eigenvalue weighted by molar-refractivity contribution is -0.166. The van der Waals surface area contributed by atoms with Crippen molar-refractivity contribution in [2.75, 3.05) is 12.3 Å². The molecule has 0 aromatic carbocycles. The van der Waals surface area contributed by atoms with Crippen molar-refractivity contribution < 1.29 is 24.0 Å². The number of amides is 1. The summed E-state index contributed by atoms with van der Waals surface area (Å²) in [5, 5.41) is 7.87. The summed E-state index contributed by atoms with van der Waals surface area (Å²) in [6.45, 7) is -0.0982. The summed E-state index contributed by atoms with van der Waals surface area (Å²) in [4.78, 5) is 33.8. The third kappa shape index (κ3) is 1.12. The average molecular weight is 217 g/mol. The predicted octanol–water partition coefficient (Wildman–Crippen LogP) is -1.81. The molecule has 0 aliphatic carbocycles. The summed E-state index contributed by atoms with van der Waals surface area (Å²) in [5.74, 6) is -3.51. The molecule has 2 fully saturated rings. The summed E-state index contributed by atoms with van der Waals surface area (Å²) in [6, 6.07) is 0. The standard InChI is InChI=1S/C7H7NO5S/c9-3-1-8-5(10)4(7(11)12)6(8)14(13)2-3/h4,6H,1-2H2,(H,11,12)/t4?,6-,14?/m0/s1. The fourth-order valence-corrected chi connectivity index (χ4v) is 3.27. The van der Waals surface area contributed by atoms with E-state index in [0.717, 1.165) is 4.90 Å². The van der Waals surface area contributed by atoms with Crippen LogP contribution in [0.2, 0.25) is 0 Å². The van der Waals surface area contributed by atoms with Crippen LogP contribution in [0.4, 0.5) is 0 Å². The molecular weight excluding hydrogens is 210 g/mol. The first-order valence-electron chi connectivity index (χ1n) is 3.94. The van der Waals surface area contributed by atoms with Gasteiger partial charge >= 0.3 is 5.97 Å². The lowest BCUT2D eigenvalue weighted by atomic mass is 9.98. The molecule has 0 radical (unpaired) electrons. The predicted molar refractivity (Wildman–Crippen MR) is 44.6 cm³/mol. The second kappa shape index (κ2) is 2.96. The second-order valence-corrected chi connectivity index (χ2v) is 4.77. The topological polar surface area (TPSA) is 97.7 Å². The number of carboxylic acid groups (broad SMARTS) is 1. The molecule has 0 bridgehead atoms. The average Bonchev–Trinajstić information content (AvgIpc) is 2.07. The fourth-order valence-electron chi connectivity index (χ4n) is 1.69. The number of rotatable bonds is 1. The van der Waals surface area contributed by atoms with Gasteiger partial charge in [-0.3, -0.25) is 19.3 Å². The Morgan fingerprint density at radius 2 is 2.21 bits per heavy atom. The van der Waals surface area contributed by atoms with Gasteiger partial charge in [-0.1, -0.05) is 0 Å². The lowest BCUT2D eigenvalue weighted by Crippen LogP contribution is -2.70. The Labute approximate surface area is 82.1 Å². The molecule has 2 rings (SSSR count). The van der Waals surface area contributed by atoms with E-state index in [1.54, 1.807) is 0 Å². The van der Waals surface area contributed by atoms with Crippen molar-refractivity contribution in [3.05, 3.63) is 0 Å². The molecule has 3 atom stereocenters. The summed E-state index contributed by atoms with van der Waals surface area (Å²) in [5.41, 5.74) is 0. The van der Waals surface area contributed by atoms with E-state index in [-0.39, 0.29) is 18.1 Å². The van der Waals surface area contributed by atoms with Gasteiger partial charge in [0.15, 0.2) is 5.75 Å². The Morgan fingerprint density at radius 3 is 2.79 bits per heavy atom. The zero-order chi connectivity index (χ0) is 10.5. The van der Waals surface area contributed by atoms with Crippen LogP contribution in [0.25, 0.3) is 0 Å². The summed E-state index contributed by atoms with van der Waals surface area (Å²) in [7, 11) is 0. The first kappa shape index (κ1) is 9.47. The Morgan fingerprint density at radius 1 is 1.57 bits per heavy atom. The third-order valence-electron chi connectivity index (χ3n) is 2.33. The lowest BCUT2D eigenvalue weighted by Gasteiger charge is -2.46. The number of aliphatic carboxylic acids is 1. The highest BCUT2D eigenvalue weighted by atomic mass is 32.2. The Balaban J connectivity index is 2.20. The fraction of sp³-hybridized carbons (Fsp3) is 0.571. The zero-order valence-corrected chi connectivity index (χ0v) is 7.82.